The van der Waals surface area contributed by atoms with Gasteiger partial charge in [-0.25, -0.2) is 0 Å². The zero-order valence-corrected chi connectivity index (χ0v) is 14.5. The van der Waals surface area contributed by atoms with Gasteiger partial charge in [-0.1, -0.05) is 12.8 Å². The number of hydrogen-bond donors (Lipinski definition) is 2. The molecule has 0 aromatic heterocycles. The van der Waals surface area contributed by atoms with Gasteiger partial charge in [0.1, 0.15) is 0 Å². The van der Waals surface area contributed by atoms with E-state index in [1.54, 1.807) is 0 Å². The van der Waals surface area contributed by atoms with Crippen LogP contribution in [0.25, 0.3) is 0 Å². The highest BCUT2D eigenvalue weighted by molar-refractivity contribution is 7.99. The number of ether oxygens (including phenoxy) is 1. The third-order valence-electron chi connectivity index (χ3n) is 6.03. The maximum Gasteiger partial charge on any atom is 0.0699 e. The molecule has 0 amide bonds. The lowest BCUT2D eigenvalue weighted by molar-refractivity contribution is -0.111. The van der Waals surface area contributed by atoms with Crippen LogP contribution in [0.15, 0.2) is 29.2 Å². The van der Waals surface area contributed by atoms with E-state index < -0.39 is 0 Å². The Hall–Kier alpha value is -0.710. The Morgan fingerprint density at radius 3 is 2.74 bits per heavy atom. The Kier molecular flexibility index (Phi) is 4.57. The minimum atomic E-state index is 0.279. The maximum absolute atomic E-state index is 8.86. The van der Waals surface area contributed by atoms with Gasteiger partial charge in [-0.05, 0) is 49.9 Å². The second kappa shape index (κ2) is 6.66. The zero-order valence-electron chi connectivity index (χ0n) is 13.7. The summed E-state index contributed by atoms with van der Waals surface area (Å²) < 4.78 is 6.07. The third kappa shape index (κ3) is 2.79. The van der Waals surface area contributed by atoms with Crippen LogP contribution in [0.3, 0.4) is 0 Å². The van der Waals surface area contributed by atoms with Crippen molar-refractivity contribution in [3.63, 3.8) is 0 Å². The Morgan fingerprint density at radius 2 is 2.00 bits per heavy atom. The molecule has 3 unspecified atom stereocenters. The molecule has 4 heteroatoms. The number of thioether (sulfide) groups is 1. The summed E-state index contributed by atoms with van der Waals surface area (Å²) in [5, 5.41) is 12.7. The topological polar surface area (TPSA) is 41.5 Å². The summed E-state index contributed by atoms with van der Waals surface area (Å²) in [6.45, 7) is 1.23. The van der Waals surface area contributed by atoms with Crippen LogP contribution in [-0.4, -0.2) is 36.2 Å². The fraction of sp³-hybridized carbons (Fsp3) is 0.684. The second-order valence-electron chi connectivity index (χ2n) is 7.26. The van der Waals surface area contributed by atoms with Crippen molar-refractivity contribution in [2.75, 3.05) is 24.3 Å². The standard InChI is InChI=1S/C19H27NO2S/c21-11-3-13-23-15-6-4-14(5-7-15)20-17-16-8-12-22-18(16)19(17)9-1-2-10-19/h4-7,16-18,20-21H,1-3,8-13H2. The van der Waals surface area contributed by atoms with Gasteiger partial charge < -0.3 is 15.2 Å². The molecule has 1 heterocycles. The quantitative estimate of drug-likeness (QED) is 0.611. The Labute approximate surface area is 143 Å². The second-order valence-corrected chi connectivity index (χ2v) is 8.42. The molecule has 2 saturated carbocycles. The molecular weight excluding hydrogens is 306 g/mol. The molecule has 0 radical (unpaired) electrons. The fourth-order valence-corrected chi connectivity index (χ4v) is 5.82. The summed E-state index contributed by atoms with van der Waals surface area (Å²) in [5.74, 6) is 1.70. The van der Waals surface area contributed by atoms with Crippen molar-refractivity contribution >= 4 is 17.4 Å². The number of hydrogen-bond acceptors (Lipinski definition) is 4. The average Bonchev–Trinajstić information content (AvgIpc) is 3.23. The lowest BCUT2D eigenvalue weighted by Gasteiger charge is -2.57. The van der Waals surface area contributed by atoms with Crippen molar-refractivity contribution in [3.8, 4) is 0 Å². The molecule has 3 fully saturated rings. The molecule has 1 aromatic carbocycles. The SMILES string of the molecule is OCCCSc1ccc(NC2C3CCOC3C23CCCC3)cc1. The van der Waals surface area contributed by atoms with E-state index in [1.807, 2.05) is 11.8 Å². The van der Waals surface area contributed by atoms with Gasteiger partial charge in [0.2, 0.25) is 0 Å². The summed E-state index contributed by atoms with van der Waals surface area (Å²) in [4.78, 5) is 1.29. The van der Waals surface area contributed by atoms with E-state index in [-0.39, 0.29) is 6.61 Å². The smallest absolute Gasteiger partial charge is 0.0699 e. The molecule has 1 aromatic rings. The van der Waals surface area contributed by atoms with Gasteiger partial charge in [-0.3, -0.25) is 0 Å². The van der Waals surface area contributed by atoms with Gasteiger partial charge >= 0.3 is 0 Å². The largest absolute Gasteiger partial charge is 0.396 e. The highest BCUT2D eigenvalue weighted by Crippen LogP contribution is 2.61. The highest BCUT2D eigenvalue weighted by Gasteiger charge is 2.64. The highest BCUT2D eigenvalue weighted by atomic mass is 32.2. The first-order chi connectivity index (χ1) is 11.3. The van der Waals surface area contributed by atoms with Crippen LogP contribution in [0.1, 0.15) is 38.5 Å². The van der Waals surface area contributed by atoms with E-state index >= 15 is 0 Å². The molecule has 23 heavy (non-hydrogen) atoms. The van der Waals surface area contributed by atoms with Crippen LogP contribution in [0, 0.1) is 11.3 Å². The van der Waals surface area contributed by atoms with Crippen molar-refractivity contribution in [1.29, 1.82) is 0 Å². The lowest BCUT2D eigenvalue weighted by Crippen LogP contribution is -2.64. The van der Waals surface area contributed by atoms with Crippen molar-refractivity contribution in [2.24, 2.45) is 11.3 Å². The number of fused-ring (bicyclic) bond motifs is 2. The fourth-order valence-electron chi connectivity index (χ4n) is 4.99. The molecule has 0 bridgehead atoms. The number of benzene rings is 1. The normalized spacial score (nSPS) is 31.1. The lowest BCUT2D eigenvalue weighted by atomic mass is 9.54. The van der Waals surface area contributed by atoms with Crippen LogP contribution < -0.4 is 5.32 Å². The van der Waals surface area contributed by atoms with E-state index in [9.17, 15) is 0 Å². The molecule has 2 N–H and O–H groups in total. The van der Waals surface area contributed by atoms with E-state index in [2.05, 4.69) is 29.6 Å². The van der Waals surface area contributed by atoms with Gasteiger partial charge in [-0.15, -0.1) is 11.8 Å². The Balaban J connectivity index is 1.41. The third-order valence-corrected chi connectivity index (χ3v) is 7.13. The summed E-state index contributed by atoms with van der Waals surface area (Å²) >= 11 is 1.82. The van der Waals surface area contributed by atoms with Gasteiger partial charge in [0, 0.05) is 46.9 Å². The first-order valence-electron chi connectivity index (χ1n) is 9.05. The van der Waals surface area contributed by atoms with E-state index in [0.29, 0.717) is 23.5 Å². The minimum Gasteiger partial charge on any atom is -0.396 e. The summed E-state index contributed by atoms with van der Waals surface area (Å²) in [6, 6.07) is 9.44. The molecule has 1 aliphatic heterocycles. The summed E-state index contributed by atoms with van der Waals surface area (Å²) in [5.41, 5.74) is 1.66. The number of nitrogens with one attached hydrogen (secondary N) is 1. The first-order valence-corrected chi connectivity index (χ1v) is 10.0. The molecule has 2 aliphatic carbocycles. The van der Waals surface area contributed by atoms with Crippen LogP contribution >= 0.6 is 11.8 Å². The molecule has 3 atom stereocenters. The zero-order chi connectivity index (χ0) is 15.7. The summed E-state index contributed by atoms with van der Waals surface area (Å²) in [6.07, 6.45) is 8.01. The molecule has 3 nitrogen and oxygen atoms in total. The van der Waals surface area contributed by atoms with Gasteiger partial charge in [-0.2, -0.15) is 0 Å². The average molecular weight is 333 g/mol. The number of anilines is 1. The molecule has 1 spiro atoms. The molecule has 4 rings (SSSR count). The van der Waals surface area contributed by atoms with Gasteiger partial charge in [0.15, 0.2) is 0 Å². The number of aliphatic hydroxyl groups excluding tert-OH is 1. The Morgan fingerprint density at radius 1 is 1.22 bits per heavy atom. The van der Waals surface area contributed by atoms with Crippen molar-refractivity contribution < 1.29 is 9.84 Å². The van der Waals surface area contributed by atoms with Crippen LogP contribution in [0.2, 0.25) is 0 Å². The number of rotatable bonds is 6. The predicted molar refractivity (Wildman–Crippen MR) is 95.0 cm³/mol. The molecule has 1 saturated heterocycles. The van der Waals surface area contributed by atoms with E-state index in [4.69, 9.17) is 9.84 Å². The molecular formula is C19H27NO2S. The molecule has 126 valence electrons. The van der Waals surface area contributed by atoms with E-state index in [0.717, 1.165) is 18.8 Å². The van der Waals surface area contributed by atoms with Gasteiger partial charge in [0.05, 0.1) is 6.10 Å². The number of aliphatic hydroxyl groups is 1. The van der Waals surface area contributed by atoms with E-state index in [1.165, 1.54) is 42.7 Å². The minimum absolute atomic E-state index is 0.279. The predicted octanol–water partition coefficient (Wildman–Crippen LogP) is 3.92. The van der Waals surface area contributed by atoms with Crippen molar-refractivity contribution in [1.82, 2.24) is 0 Å². The monoisotopic (exact) mass is 333 g/mol. The first kappa shape index (κ1) is 15.8. The van der Waals surface area contributed by atoms with Crippen LogP contribution in [-0.2, 0) is 4.74 Å². The van der Waals surface area contributed by atoms with Crippen LogP contribution in [0.4, 0.5) is 5.69 Å². The van der Waals surface area contributed by atoms with Crippen molar-refractivity contribution in [2.45, 2.75) is 55.6 Å². The molecule has 3 aliphatic rings. The Bertz CT molecular complexity index is 527. The maximum atomic E-state index is 8.86. The summed E-state index contributed by atoms with van der Waals surface area (Å²) in [7, 11) is 0. The van der Waals surface area contributed by atoms with Gasteiger partial charge in [0.25, 0.3) is 0 Å². The van der Waals surface area contributed by atoms with Crippen LogP contribution in [0.5, 0.6) is 0 Å². The van der Waals surface area contributed by atoms with Crippen molar-refractivity contribution in [3.05, 3.63) is 24.3 Å².